The summed E-state index contributed by atoms with van der Waals surface area (Å²) in [5, 5.41) is 0. The fourth-order valence-electron chi connectivity index (χ4n) is 3.08. The summed E-state index contributed by atoms with van der Waals surface area (Å²) in [5.41, 5.74) is 0. The highest BCUT2D eigenvalue weighted by molar-refractivity contribution is 5.56. The van der Waals surface area contributed by atoms with Gasteiger partial charge in [-0.15, -0.1) is 0 Å². The van der Waals surface area contributed by atoms with Crippen molar-refractivity contribution >= 4 is 6.29 Å². The van der Waals surface area contributed by atoms with Crippen molar-refractivity contribution in [2.45, 2.75) is 32.6 Å². The summed E-state index contributed by atoms with van der Waals surface area (Å²) in [5.74, 6) is 2.27. The van der Waals surface area contributed by atoms with Crippen LogP contribution < -0.4 is 0 Å². The van der Waals surface area contributed by atoms with Crippen molar-refractivity contribution < 1.29 is 4.79 Å². The Labute approximate surface area is 80.2 Å². The molecule has 72 valence electrons. The van der Waals surface area contributed by atoms with Crippen molar-refractivity contribution in [1.82, 2.24) is 0 Å². The van der Waals surface area contributed by atoms with E-state index in [4.69, 9.17) is 0 Å². The van der Waals surface area contributed by atoms with Crippen molar-refractivity contribution in [3.8, 4) is 0 Å². The van der Waals surface area contributed by atoms with Gasteiger partial charge in [-0.1, -0.05) is 25.5 Å². The molecular weight excluding hydrogens is 160 g/mol. The summed E-state index contributed by atoms with van der Waals surface area (Å²) in [4.78, 5) is 11.0. The lowest BCUT2D eigenvalue weighted by Gasteiger charge is -2.42. The van der Waals surface area contributed by atoms with Gasteiger partial charge in [0.05, 0.1) is 0 Å². The van der Waals surface area contributed by atoms with Crippen LogP contribution in [0.25, 0.3) is 0 Å². The Morgan fingerprint density at radius 2 is 2.00 bits per heavy atom. The summed E-state index contributed by atoms with van der Waals surface area (Å²) in [7, 11) is 0. The smallest absolute Gasteiger partial charge is 0.123 e. The minimum atomic E-state index is 0.337. The lowest BCUT2D eigenvalue weighted by molar-refractivity contribution is -0.116. The Bertz CT molecular complexity index is 219. The normalized spacial score (nSPS) is 42.2. The maximum atomic E-state index is 11.0. The summed E-state index contributed by atoms with van der Waals surface area (Å²) >= 11 is 0. The number of carbonyl (C=O) groups is 1. The van der Waals surface area contributed by atoms with Crippen molar-refractivity contribution in [1.29, 1.82) is 0 Å². The molecule has 4 unspecified atom stereocenters. The molecule has 4 atom stereocenters. The predicted molar refractivity (Wildman–Crippen MR) is 53.3 cm³/mol. The van der Waals surface area contributed by atoms with Gasteiger partial charge >= 0.3 is 0 Å². The minimum absolute atomic E-state index is 0.337. The SMILES string of the molecule is CCCC1C2C=CC(CC2)C1C=O. The van der Waals surface area contributed by atoms with Crippen LogP contribution in [-0.2, 0) is 4.79 Å². The Balaban J connectivity index is 2.15. The Morgan fingerprint density at radius 1 is 1.31 bits per heavy atom. The van der Waals surface area contributed by atoms with Gasteiger partial charge < -0.3 is 4.79 Å². The minimum Gasteiger partial charge on any atom is -0.303 e. The largest absolute Gasteiger partial charge is 0.303 e. The van der Waals surface area contributed by atoms with E-state index in [0.29, 0.717) is 23.7 Å². The number of allylic oxidation sites excluding steroid dienone is 2. The van der Waals surface area contributed by atoms with Crippen LogP contribution in [0.5, 0.6) is 0 Å². The van der Waals surface area contributed by atoms with Crippen LogP contribution in [-0.4, -0.2) is 6.29 Å². The van der Waals surface area contributed by atoms with Crippen molar-refractivity contribution in [2.24, 2.45) is 23.7 Å². The zero-order chi connectivity index (χ0) is 9.26. The van der Waals surface area contributed by atoms with E-state index in [1.165, 1.54) is 32.0 Å². The summed E-state index contributed by atoms with van der Waals surface area (Å²) < 4.78 is 0. The molecule has 0 saturated heterocycles. The van der Waals surface area contributed by atoms with Crippen LogP contribution in [0.2, 0.25) is 0 Å². The second kappa shape index (κ2) is 3.65. The molecule has 0 amide bonds. The fraction of sp³-hybridized carbons (Fsp3) is 0.750. The van der Waals surface area contributed by atoms with Gasteiger partial charge in [0.1, 0.15) is 6.29 Å². The Morgan fingerprint density at radius 3 is 2.54 bits per heavy atom. The Kier molecular flexibility index (Phi) is 2.52. The maximum Gasteiger partial charge on any atom is 0.123 e. The Hall–Kier alpha value is -0.590. The van der Waals surface area contributed by atoms with E-state index in [-0.39, 0.29) is 0 Å². The van der Waals surface area contributed by atoms with Crippen LogP contribution in [0.4, 0.5) is 0 Å². The third-order valence-corrected chi connectivity index (χ3v) is 3.76. The molecule has 1 heteroatoms. The van der Waals surface area contributed by atoms with E-state index in [9.17, 15) is 4.79 Å². The standard InChI is InChI=1S/C12H18O/c1-2-3-11-9-4-6-10(7-5-9)12(11)8-13/h4,6,8-12H,2-3,5,7H2,1H3. The van der Waals surface area contributed by atoms with Gasteiger partial charge in [0.25, 0.3) is 0 Å². The maximum absolute atomic E-state index is 11.0. The molecular formula is C12H18O. The molecule has 1 saturated carbocycles. The van der Waals surface area contributed by atoms with E-state index in [0.717, 1.165) is 0 Å². The molecule has 0 heterocycles. The summed E-state index contributed by atoms with van der Waals surface area (Å²) in [6, 6.07) is 0. The van der Waals surface area contributed by atoms with E-state index >= 15 is 0 Å². The second-order valence-electron chi connectivity index (χ2n) is 4.46. The van der Waals surface area contributed by atoms with Crippen LogP contribution >= 0.6 is 0 Å². The van der Waals surface area contributed by atoms with Crippen LogP contribution in [0.3, 0.4) is 0 Å². The summed E-state index contributed by atoms with van der Waals surface area (Å²) in [6.45, 7) is 2.22. The van der Waals surface area contributed by atoms with Gasteiger partial charge in [0.2, 0.25) is 0 Å². The van der Waals surface area contributed by atoms with Gasteiger partial charge in [-0.3, -0.25) is 0 Å². The predicted octanol–water partition coefficient (Wildman–Crippen LogP) is 2.81. The van der Waals surface area contributed by atoms with Crippen molar-refractivity contribution in [3.05, 3.63) is 12.2 Å². The third-order valence-electron chi connectivity index (χ3n) is 3.76. The number of rotatable bonds is 3. The molecule has 3 aliphatic carbocycles. The zero-order valence-electron chi connectivity index (χ0n) is 8.28. The molecule has 0 N–H and O–H groups in total. The molecule has 3 rings (SSSR count). The first-order chi connectivity index (χ1) is 6.36. The van der Waals surface area contributed by atoms with Crippen LogP contribution in [0.1, 0.15) is 32.6 Å². The molecule has 1 nitrogen and oxygen atoms in total. The zero-order valence-corrected chi connectivity index (χ0v) is 8.28. The van der Waals surface area contributed by atoms with Gasteiger partial charge in [-0.25, -0.2) is 0 Å². The molecule has 2 bridgehead atoms. The van der Waals surface area contributed by atoms with Crippen molar-refractivity contribution in [2.75, 3.05) is 0 Å². The van der Waals surface area contributed by atoms with Crippen LogP contribution in [0.15, 0.2) is 12.2 Å². The van der Waals surface area contributed by atoms with E-state index in [1.807, 2.05) is 0 Å². The quantitative estimate of drug-likeness (QED) is 0.480. The van der Waals surface area contributed by atoms with Crippen molar-refractivity contribution in [3.63, 3.8) is 0 Å². The lowest BCUT2D eigenvalue weighted by Crippen LogP contribution is -2.37. The first-order valence-electron chi connectivity index (χ1n) is 5.50. The molecule has 0 spiro atoms. The van der Waals surface area contributed by atoms with Gasteiger partial charge in [-0.2, -0.15) is 0 Å². The average Bonchev–Trinajstić information content (AvgIpc) is 2.20. The van der Waals surface area contributed by atoms with E-state index < -0.39 is 0 Å². The monoisotopic (exact) mass is 178 g/mol. The molecule has 0 aromatic rings. The number of hydrogen-bond donors (Lipinski definition) is 0. The van der Waals surface area contributed by atoms with E-state index in [1.54, 1.807) is 0 Å². The highest BCUT2D eigenvalue weighted by atomic mass is 16.1. The van der Waals surface area contributed by atoms with Gasteiger partial charge in [0, 0.05) is 5.92 Å². The first kappa shape index (κ1) is 8.98. The number of hydrogen-bond acceptors (Lipinski definition) is 1. The van der Waals surface area contributed by atoms with Gasteiger partial charge in [0.15, 0.2) is 0 Å². The van der Waals surface area contributed by atoms with Gasteiger partial charge in [-0.05, 0) is 37.0 Å². The first-order valence-corrected chi connectivity index (χ1v) is 5.50. The second-order valence-corrected chi connectivity index (χ2v) is 4.46. The van der Waals surface area contributed by atoms with Crippen LogP contribution in [0, 0.1) is 23.7 Å². The highest BCUT2D eigenvalue weighted by Gasteiger charge is 2.39. The molecule has 0 radical (unpaired) electrons. The molecule has 0 aliphatic heterocycles. The number of aldehydes is 1. The third kappa shape index (κ3) is 1.45. The molecule has 0 aromatic carbocycles. The topological polar surface area (TPSA) is 17.1 Å². The number of carbonyl (C=O) groups excluding carboxylic acids is 1. The lowest BCUT2D eigenvalue weighted by atomic mass is 9.61. The fourth-order valence-corrected chi connectivity index (χ4v) is 3.08. The average molecular weight is 178 g/mol. The number of fused-ring (bicyclic) bond motifs is 2. The molecule has 13 heavy (non-hydrogen) atoms. The van der Waals surface area contributed by atoms with E-state index in [2.05, 4.69) is 19.1 Å². The summed E-state index contributed by atoms with van der Waals surface area (Å²) in [6.07, 6.45) is 10.8. The highest BCUT2D eigenvalue weighted by Crippen LogP contribution is 2.45. The molecule has 0 aromatic heterocycles. The molecule has 3 aliphatic rings. The molecule has 1 fully saturated rings.